The van der Waals surface area contributed by atoms with Crippen LogP contribution in [-0.2, 0) is 11.2 Å². The highest BCUT2D eigenvalue weighted by Crippen LogP contribution is 2.26. The van der Waals surface area contributed by atoms with Gasteiger partial charge in [-0.15, -0.1) is 0 Å². The van der Waals surface area contributed by atoms with Crippen LogP contribution in [0.5, 0.6) is 5.75 Å². The summed E-state index contributed by atoms with van der Waals surface area (Å²) in [6, 6.07) is 17.2. The summed E-state index contributed by atoms with van der Waals surface area (Å²) < 4.78 is 11.6. The minimum Gasteiger partial charge on any atom is -0.484 e. The summed E-state index contributed by atoms with van der Waals surface area (Å²) in [5.74, 6) is 1.18. The van der Waals surface area contributed by atoms with Crippen LogP contribution >= 0.6 is 0 Å². The molecule has 0 saturated carbocycles. The van der Waals surface area contributed by atoms with Gasteiger partial charge in [-0.2, -0.15) is 0 Å². The van der Waals surface area contributed by atoms with Gasteiger partial charge in [-0.05, 0) is 48.7 Å². The van der Waals surface area contributed by atoms with Crippen molar-refractivity contribution in [3.05, 3.63) is 59.7 Å². The maximum atomic E-state index is 12.6. The lowest BCUT2D eigenvalue weighted by Gasteiger charge is -2.33. The third-order valence-electron chi connectivity index (χ3n) is 7.05. The van der Waals surface area contributed by atoms with Crippen LogP contribution in [0.2, 0.25) is 0 Å². The standard InChI is InChI=1S/C26H33N3O3/c30-26(29-15-17-31-18-16-29)21-5-8-23(9-6-21)28-13-11-22(12-14-28)27-19-24-10-7-20-3-1-2-4-25(20)32-24/h1-6,8-9,22,24,27H,7,10-19H2/p+1. The van der Waals surface area contributed by atoms with E-state index in [0.29, 0.717) is 38.4 Å². The number of benzene rings is 2. The first-order chi connectivity index (χ1) is 15.8. The Labute approximate surface area is 190 Å². The molecule has 1 atom stereocenters. The highest BCUT2D eigenvalue weighted by molar-refractivity contribution is 5.94. The molecule has 3 aliphatic rings. The number of carbonyl (C=O) groups excluding carboxylic acids is 1. The molecule has 3 heterocycles. The van der Waals surface area contributed by atoms with Gasteiger partial charge in [-0.25, -0.2) is 0 Å². The number of anilines is 1. The van der Waals surface area contributed by atoms with Crippen molar-refractivity contribution in [3.63, 3.8) is 0 Å². The van der Waals surface area contributed by atoms with Gasteiger partial charge in [-0.1, -0.05) is 18.2 Å². The van der Waals surface area contributed by atoms with E-state index in [1.165, 1.54) is 24.1 Å². The number of quaternary nitrogens is 1. The molecule has 0 aliphatic carbocycles. The summed E-state index contributed by atoms with van der Waals surface area (Å²) >= 11 is 0. The van der Waals surface area contributed by atoms with Crippen LogP contribution in [0, 0.1) is 0 Å². The second kappa shape index (κ2) is 9.92. The molecule has 2 aromatic carbocycles. The van der Waals surface area contributed by atoms with Gasteiger partial charge >= 0.3 is 0 Å². The first-order valence-corrected chi connectivity index (χ1v) is 12.1. The van der Waals surface area contributed by atoms with Crippen molar-refractivity contribution in [3.8, 4) is 5.75 Å². The normalized spacial score (nSPS) is 21.7. The van der Waals surface area contributed by atoms with Crippen molar-refractivity contribution in [1.82, 2.24) is 4.90 Å². The molecule has 2 saturated heterocycles. The molecule has 2 fully saturated rings. The highest BCUT2D eigenvalue weighted by atomic mass is 16.5. The first-order valence-electron chi connectivity index (χ1n) is 12.1. The molecule has 0 spiro atoms. The van der Waals surface area contributed by atoms with Crippen molar-refractivity contribution in [2.24, 2.45) is 0 Å². The number of hydrogen-bond donors (Lipinski definition) is 1. The summed E-state index contributed by atoms with van der Waals surface area (Å²) in [5.41, 5.74) is 3.33. The maximum Gasteiger partial charge on any atom is 0.254 e. The Hall–Kier alpha value is -2.57. The number of amides is 1. The van der Waals surface area contributed by atoms with Crippen LogP contribution in [0.1, 0.15) is 35.2 Å². The number of aryl methyl sites for hydroxylation is 1. The summed E-state index contributed by atoms with van der Waals surface area (Å²) in [4.78, 5) is 17.0. The minimum absolute atomic E-state index is 0.112. The van der Waals surface area contributed by atoms with Crippen molar-refractivity contribution in [2.75, 3.05) is 50.8 Å². The third-order valence-corrected chi connectivity index (χ3v) is 7.05. The second-order valence-electron chi connectivity index (χ2n) is 9.13. The Morgan fingerprint density at radius 2 is 1.69 bits per heavy atom. The zero-order valence-electron chi connectivity index (χ0n) is 18.7. The van der Waals surface area contributed by atoms with Crippen molar-refractivity contribution in [2.45, 2.75) is 37.8 Å². The molecule has 6 heteroatoms. The van der Waals surface area contributed by atoms with Gasteiger partial charge in [0.05, 0.1) is 19.3 Å². The molecule has 1 amide bonds. The second-order valence-corrected chi connectivity index (χ2v) is 9.13. The molecular formula is C26H34N3O3+. The quantitative estimate of drug-likeness (QED) is 0.780. The van der Waals surface area contributed by atoms with E-state index in [2.05, 4.69) is 46.6 Å². The average molecular weight is 437 g/mol. The van der Waals surface area contributed by atoms with Gasteiger partial charge < -0.3 is 24.6 Å². The summed E-state index contributed by atoms with van der Waals surface area (Å²) in [7, 11) is 0. The SMILES string of the molecule is O=C(c1ccc(N2CCC([NH2+]CC3CCc4ccccc4O3)CC2)cc1)N1CCOCC1. The minimum atomic E-state index is 0.112. The number of ether oxygens (including phenoxy) is 2. The van der Waals surface area contributed by atoms with Gasteiger partial charge in [0.25, 0.3) is 5.91 Å². The van der Waals surface area contributed by atoms with E-state index in [0.717, 1.165) is 43.8 Å². The number of hydrogen-bond acceptors (Lipinski definition) is 4. The van der Waals surface area contributed by atoms with Gasteiger partial charge in [0.1, 0.15) is 18.4 Å². The smallest absolute Gasteiger partial charge is 0.254 e. The lowest BCUT2D eigenvalue weighted by Crippen LogP contribution is -2.93. The first kappa shape index (κ1) is 21.3. The van der Waals surface area contributed by atoms with Crippen molar-refractivity contribution in [1.29, 1.82) is 0 Å². The van der Waals surface area contributed by atoms with E-state index in [9.17, 15) is 4.79 Å². The van der Waals surface area contributed by atoms with E-state index in [4.69, 9.17) is 9.47 Å². The highest BCUT2D eigenvalue weighted by Gasteiger charge is 2.26. The van der Waals surface area contributed by atoms with E-state index in [1.54, 1.807) is 0 Å². The zero-order chi connectivity index (χ0) is 21.8. The monoisotopic (exact) mass is 436 g/mol. The summed E-state index contributed by atoms with van der Waals surface area (Å²) in [6.07, 6.45) is 4.91. The lowest BCUT2D eigenvalue weighted by atomic mass is 10.0. The van der Waals surface area contributed by atoms with Crippen molar-refractivity contribution < 1.29 is 19.6 Å². The zero-order valence-corrected chi connectivity index (χ0v) is 18.7. The Morgan fingerprint density at radius 3 is 2.47 bits per heavy atom. The Balaban J connectivity index is 1.08. The topological polar surface area (TPSA) is 58.6 Å². The van der Waals surface area contributed by atoms with E-state index >= 15 is 0 Å². The molecule has 6 nitrogen and oxygen atoms in total. The fourth-order valence-corrected chi connectivity index (χ4v) is 5.05. The van der Waals surface area contributed by atoms with Crippen LogP contribution in [0.4, 0.5) is 5.69 Å². The number of rotatable bonds is 5. The van der Waals surface area contributed by atoms with E-state index < -0.39 is 0 Å². The van der Waals surface area contributed by atoms with Crippen LogP contribution < -0.4 is 15.0 Å². The largest absolute Gasteiger partial charge is 0.484 e. The molecule has 170 valence electrons. The van der Waals surface area contributed by atoms with Crippen LogP contribution in [0.15, 0.2) is 48.5 Å². The van der Waals surface area contributed by atoms with Gasteiger partial charge in [0.2, 0.25) is 0 Å². The summed E-state index contributed by atoms with van der Waals surface area (Å²) in [5, 5.41) is 2.50. The molecule has 32 heavy (non-hydrogen) atoms. The molecule has 1 unspecified atom stereocenters. The van der Waals surface area contributed by atoms with E-state index in [1.807, 2.05) is 17.0 Å². The number of carbonyl (C=O) groups is 1. The lowest BCUT2D eigenvalue weighted by molar-refractivity contribution is -0.695. The van der Waals surface area contributed by atoms with Gasteiger partial charge in [-0.3, -0.25) is 4.79 Å². The summed E-state index contributed by atoms with van der Waals surface area (Å²) in [6.45, 7) is 5.80. The van der Waals surface area contributed by atoms with Crippen LogP contribution in [0.3, 0.4) is 0 Å². The Bertz CT molecular complexity index is 903. The molecular weight excluding hydrogens is 402 g/mol. The molecule has 0 bridgehead atoms. The molecule has 0 aromatic heterocycles. The fourth-order valence-electron chi connectivity index (χ4n) is 5.05. The molecule has 3 aliphatic heterocycles. The number of para-hydroxylation sites is 1. The van der Waals surface area contributed by atoms with Crippen LogP contribution in [-0.4, -0.2) is 68.9 Å². The maximum absolute atomic E-state index is 12.6. The molecule has 5 rings (SSSR count). The molecule has 2 N–H and O–H groups in total. The number of nitrogens with two attached hydrogens (primary N) is 1. The number of morpholine rings is 1. The van der Waals surface area contributed by atoms with Gasteiger partial charge in [0.15, 0.2) is 0 Å². The third kappa shape index (κ3) is 4.92. The van der Waals surface area contributed by atoms with E-state index in [-0.39, 0.29) is 5.91 Å². The Morgan fingerprint density at radius 1 is 0.938 bits per heavy atom. The van der Waals surface area contributed by atoms with Crippen LogP contribution in [0.25, 0.3) is 0 Å². The number of nitrogens with zero attached hydrogens (tertiary/aromatic N) is 2. The molecule has 2 aromatic rings. The average Bonchev–Trinajstić information content (AvgIpc) is 2.88. The Kier molecular flexibility index (Phi) is 6.60. The number of fused-ring (bicyclic) bond motifs is 1. The predicted molar refractivity (Wildman–Crippen MR) is 124 cm³/mol. The molecule has 0 radical (unpaired) electrons. The number of piperidine rings is 1. The van der Waals surface area contributed by atoms with Crippen molar-refractivity contribution >= 4 is 11.6 Å². The fraction of sp³-hybridized carbons (Fsp3) is 0.500. The predicted octanol–water partition coefficient (Wildman–Crippen LogP) is 2.08. The van der Waals surface area contributed by atoms with Gasteiger partial charge in [0, 0.05) is 50.3 Å².